The lowest BCUT2D eigenvalue weighted by atomic mass is 10.2. The maximum atomic E-state index is 12.8. The van der Waals surface area contributed by atoms with Crippen LogP contribution in [0, 0.1) is 5.82 Å². The van der Waals surface area contributed by atoms with Crippen molar-refractivity contribution in [1.29, 1.82) is 0 Å². The number of halogens is 1. The first-order valence-corrected chi connectivity index (χ1v) is 7.51. The smallest absolute Gasteiger partial charge is 0.343 e. The largest absolute Gasteiger partial charge is 0.347 e. The van der Waals surface area contributed by atoms with E-state index in [2.05, 4.69) is 20.8 Å². The van der Waals surface area contributed by atoms with E-state index in [-0.39, 0.29) is 30.4 Å². The molecule has 0 unspecified atom stereocenters. The molecule has 1 aromatic heterocycles. The molecule has 24 heavy (non-hydrogen) atoms. The van der Waals surface area contributed by atoms with E-state index >= 15 is 0 Å². The summed E-state index contributed by atoms with van der Waals surface area (Å²) in [6.45, 7) is -0.130. The fourth-order valence-corrected chi connectivity index (χ4v) is 2.28. The zero-order valence-corrected chi connectivity index (χ0v) is 12.7. The maximum absolute atomic E-state index is 12.8. The average Bonchev–Trinajstić information content (AvgIpc) is 3.34. The van der Waals surface area contributed by atoms with E-state index in [1.54, 1.807) is 0 Å². The second kappa shape index (κ2) is 6.65. The fraction of sp³-hybridized carbons (Fsp3) is 0.333. The van der Waals surface area contributed by atoms with Gasteiger partial charge in [0, 0.05) is 11.6 Å². The molecule has 0 radical (unpaired) electrons. The number of nitrogens with one attached hydrogen (secondary N) is 3. The fourth-order valence-electron chi connectivity index (χ4n) is 2.28. The van der Waals surface area contributed by atoms with E-state index in [9.17, 15) is 18.8 Å². The molecule has 0 bridgehead atoms. The molecular weight excluding hydrogens is 317 g/mol. The minimum absolute atomic E-state index is 0.0977. The molecule has 0 spiro atoms. The molecule has 1 aliphatic rings. The predicted molar refractivity (Wildman–Crippen MR) is 81.7 cm³/mol. The van der Waals surface area contributed by atoms with Crippen LogP contribution in [0.25, 0.3) is 0 Å². The Morgan fingerprint density at radius 1 is 1.25 bits per heavy atom. The summed E-state index contributed by atoms with van der Waals surface area (Å²) in [5.41, 5.74) is -0.0227. The number of carbonyl (C=O) groups is 2. The third-order valence-electron chi connectivity index (χ3n) is 3.65. The second-order valence-electron chi connectivity index (χ2n) is 5.51. The number of benzene rings is 1. The van der Waals surface area contributed by atoms with Gasteiger partial charge >= 0.3 is 5.69 Å². The van der Waals surface area contributed by atoms with Crippen LogP contribution >= 0.6 is 0 Å². The molecule has 1 aliphatic carbocycles. The van der Waals surface area contributed by atoms with Gasteiger partial charge in [-0.1, -0.05) is 0 Å². The van der Waals surface area contributed by atoms with Crippen molar-refractivity contribution in [2.24, 2.45) is 0 Å². The van der Waals surface area contributed by atoms with Crippen LogP contribution in [0.15, 0.2) is 29.1 Å². The zero-order chi connectivity index (χ0) is 17.1. The molecule has 9 heteroatoms. The van der Waals surface area contributed by atoms with Crippen LogP contribution < -0.4 is 16.3 Å². The van der Waals surface area contributed by atoms with E-state index in [0.29, 0.717) is 5.82 Å². The molecule has 1 aromatic carbocycles. The molecule has 0 aliphatic heterocycles. The Kier molecular flexibility index (Phi) is 4.41. The summed E-state index contributed by atoms with van der Waals surface area (Å²) < 4.78 is 14.3. The Balaban J connectivity index is 1.48. The highest BCUT2D eigenvalue weighted by Crippen LogP contribution is 2.33. The molecule has 0 atom stereocenters. The van der Waals surface area contributed by atoms with Crippen LogP contribution in [0.4, 0.5) is 4.39 Å². The van der Waals surface area contributed by atoms with Gasteiger partial charge in [-0.2, -0.15) is 5.10 Å². The van der Waals surface area contributed by atoms with E-state index in [0.717, 1.165) is 12.8 Å². The lowest BCUT2D eigenvalue weighted by molar-refractivity contribution is -0.120. The Bertz CT molecular complexity index is 807. The van der Waals surface area contributed by atoms with Crippen LogP contribution in [0.1, 0.15) is 35.1 Å². The van der Waals surface area contributed by atoms with E-state index in [1.165, 1.54) is 28.8 Å². The number of carbonyl (C=O) groups excluding carboxylic acids is 2. The molecule has 2 amide bonds. The van der Waals surface area contributed by atoms with Gasteiger partial charge in [0.1, 0.15) is 5.82 Å². The molecule has 3 N–H and O–H groups in total. The highest BCUT2D eigenvalue weighted by Gasteiger charge is 2.28. The van der Waals surface area contributed by atoms with Gasteiger partial charge in [-0.15, -0.1) is 0 Å². The number of H-pyrrole nitrogens is 1. The van der Waals surface area contributed by atoms with Gasteiger partial charge in [0.25, 0.3) is 5.91 Å². The van der Waals surface area contributed by atoms with Crippen molar-refractivity contribution >= 4 is 11.8 Å². The van der Waals surface area contributed by atoms with Gasteiger partial charge in [0.2, 0.25) is 5.91 Å². The number of amides is 2. The van der Waals surface area contributed by atoms with Gasteiger partial charge < -0.3 is 10.6 Å². The second-order valence-corrected chi connectivity index (χ2v) is 5.51. The van der Waals surface area contributed by atoms with Gasteiger partial charge in [-0.25, -0.2) is 14.3 Å². The summed E-state index contributed by atoms with van der Waals surface area (Å²) in [6, 6.07) is 5.16. The first-order chi connectivity index (χ1) is 11.5. The first kappa shape index (κ1) is 15.9. The number of hydrogen-bond donors (Lipinski definition) is 3. The normalized spacial score (nSPS) is 13.5. The third-order valence-corrected chi connectivity index (χ3v) is 3.65. The Morgan fingerprint density at radius 2 is 1.96 bits per heavy atom. The number of rotatable bonds is 6. The summed E-state index contributed by atoms with van der Waals surface area (Å²) in [5.74, 6) is -0.867. The van der Waals surface area contributed by atoms with Crippen molar-refractivity contribution in [3.63, 3.8) is 0 Å². The number of hydrogen-bond acceptors (Lipinski definition) is 4. The number of aromatic amines is 1. The minimum Gasteiger partial charge on any atom is -0.347 e. The summed E-state index contributed by atoms with van der Waals surface area (Å²) in [5, 5.41) is 11.3. The monoisotopic (exact) mass is 333 g/mol. The molecule has 0 saturated heterocycles. The molecule has 1 heterocycles. The van der Waals surface area contributed by atoms with Crippen LogP contribution in [0.3, 0.4) is 0 Å². The summed E-state index contributed by atoms with van der Waals surface area (Å²) in [7, 11) is 0. The summed E-state index contributed by atoms with van der Waals surface area (Å²) >= 11 is 0. The summed E-state index contributed by atoms with van der Waals surface area (Å²) in [4.78, 5) is 35.2. The van der Waals surface area contributed by atoms with Gasteiger partial charge in [0.05, 0.1) is 13.1 Å². The van der Waals surface area contributed by atoms with Gasteiger partial charge in [0.15, 0.2) is 5.82 Å². The molecule has 8 nitrogen and oxygen atoms in total. The predicted octanol–water partition coefficient (Wildman–Crippen LogP) is 0.0916. The molecule has 2 aromatic rings. The minimum atomic E-state index is -0.472. The summed E-state index contributed by atoms with van der Waals surface area (Å²) in [6.07, 6.45) is 1.85. The Labute approximate surface area is 136 Å². The van der Waals surface area contributed by atoms with Crippen molar-refractivity contribution in [2.75, 3.05) is 6.54 Å². The lowest BCUT2D eigenvalue weighted by Crippen LogP contribution is -2.37. The third kappa shape index (κ3) is 3.67. The van der Waals surface area contributed by atoms with Crippen molar-refractivity contribution in [2.45, 2.75) is 25.4 Å². The number of aromatic nitrogens is 3. The lowest BCUT2D eigenvalue weighted by Gasteiger charge is -2.07. The molecule has 3 rings (SSSR count). The molecular formula is C15H16FN5O3. The molecule has 1 saturated carbocycles. The van der Waals surface area contributed by atoms with E-state index < -0.39 is 17.6 Å². The van der Waals surface area contributed by atoms with Crippen molar-refractivity contribution in [3.05, 3.63) is 52.0 Å². The van der Waals surface area contributed by atoms with Crippen molar-refractivity contribution < 1.29 is 14.0 Å². The highest BCUT2D eigenvalue weighted by atomic mass is 19.1. The van der Waals surface area contributed by atoms with Crippen LogP contribution in [-0.4, -0.2) is 33.1 Å². The van der Waals surface area contributed by atoms with Crippen LogP contribution in [0.2, 0.25) is 0 Å². The Morgan fingerprint density at radius 3 is 2.62 bits per heavy atom. The number of nitrogens with zero attached hydrogens (tertiary/aromatic N) is 2. The van der Waals surface area contributed by atoms with Gasteiger partial charge in [-0.05, 0) is 37.1 Å². The average molecular weight is 333 g/mol. The standard InChI is InChI=1S/C15H16FN5O3/c16-10-3-1-9(2-4-10)14(23)18-8-13(22)17-7-12-19-20-15(24)21(12)11-5-6-11/h1-4,11H,5-8H2,(H,17,22)(H,18,23)(H,20,24). The maximum Gasteiger partial charge on any atom is 0.343 e. The van der Waals surface area contributed by atoms with Crippen molar-refractivity contribution in [1.82, 2.24) is 25.4 Å². The zero-order valence-electron chi connectivity index (χ0n) is 12.7. The quantitative estimate of drug-likeness (QED) is 0.696. The van der Waals surface area contributed by atoms with Crippen LogP contribution in [-0.2, 0) is 11.3 Å². The topological polar surface area (TPSA) is 109 Å². The van der Waals surface area contributed by atoms with E-state index in [1.807, 2.05) is 0 Å². The van der Waals surface area contributed by atoms with Gasteiger partial charge in [-0.3, -0.25) is 14.2 Å². The Hall–Kier alpha value is -2.97. The SMILES string of the molecule is O=C(CNC(=O)c1ccc(F)cc1)NCc1n[nH]c(=O)n1C1CC1. The van der Waals surface area contributed by atoms with E-state index in [4.69, 9.17) is 0 Å². The van der Waals surface area contributed by atoms with Crippen molar-refractivity contribution in [3.8, 4) is 0 Å². The highest BCUT2D eigenvalue weighted by molar-refractivity contribution is 5.96. The molecule has 1 fully saturated rings. The van der Waals surface area contributed by atoms with Crippen LogP contribution in [0.5, 0.6) is 0 Å². The first-order valence-electron chi connectivity index (χ1n) is 7.51. The molecule has 126 valence electrons.